The lowest BCUT2D eigenvalue weighted by atomic mass is 9.95. The van der Waals surface area contributed by atoms with Crippen LogP contribution in [-0.2, 0) is 9.84 Å². The van der Waals surface area contributed by atoms with Gasteiger partial charge < -0.3 is 10.2 Å². The Morgan fingerprint density at radius 2 is 1.41 bits per heavy atom. The van der Waals surface area contributed by atoms with E-state index in [1.54, 1.807) is 44.6 Å². The molecule has 0 bridgehead atoms. The molecule has 1 aromatic heterocycles. The fourth-order valence-electron chi connectivity index (χ4n) is 4.51. The molecule has 0 aliphatic heterocycles. The quantitative estimate of drug-likeness (QED) is 0.293. The van der Waals surface area contributed by atoms with E-state index in [1.807, 2.05) is 0 Å². The van der Waals surface area contributed by atoms with Crippen molar-refractivity contribution in [2.75, 3.05) is 19.4 Å². The summed E-state index contributed by atoms with van der Waals surface area (Å²) < 4.78 is 91.0. The summed E-state index contributed by atoms with van der Waals surface area (Å²) in [5.74, 6) is -0.224. The van der Waals surface area contributed by atoms with E-state index in [1.165, 1.54) is 17.0 Å². The van der Waals surface area contributed by atoms with Crippen LogP contribution in [0.4, 0.5) is 25.1 Å². The second kappa shape index (κ2) is 9.47. The Hall–Kier alpha value is -3.19. The number of nitrogens with one attached hydrogen (secondary N) is 1. The van der Waals surface area contributed by atoms with Gasteiger partial charge in [-0.25, -0.2) is 8.42 Å². The van der Waals surface area contributed by atoms with Crippen molar-refractivity contribution < 1.29 is 32.6 Å². The zero-order chi connectivity index (χ0) is 28.7. The van der Waals surface area contributed by atoms with Crippen LogP contribution >= 0.6 is 10.2 Å². The van der Waals surface area contributed by atoms with Gasteiger partial charge in [-0.3, -0.25) is 9.78 Å². The molecule has 0 unspecified atom stereocenters. The first kappa shape index (κ1) is 28.8. The molecular weight excluding hydrogens is 561 g/mol. The Labute approximate surface area is 223 Å². The van der Waals surface area contributed by atoms with Gasteiger partial charge in [-0.2, -0.15) is 0 Å². The van der Waals surface area contributed by atoms with E-state index < -0.39 is 30.2 Å². The molecule has 1 amide bonds. The molecule has 0 atom stereocenters. The molecule has 0 spiro atoms. The number of hydrogen-bond donors (Lipinski definition) is 1. The van der Waals surface area contributed by atoms with Crippen LogP contribution < -0.4 is 5.32 Å². The molecule has 0 saturated heterocycles. The van der Waals surface area contributed by atoms with Gasteiger partial charge in [-0.15, -0.1) is 0 Å². The third-order valence-electron chi connectivity index (χ3n) is 6.69. The van der Waals surface area contributed by atoms with Gasteiger partial charge >= 0.3 is 10.2 Å². The first-order valence-electron chi connectivity index (χ1n) is 12.1. The van der Waals surface area contributed by atoms with Crippen LogP contribution in [0.1, 0.15) is 36.2 Å². The molecule has 1 fully saturated rings. The highest BCUT2D eigenvalue weighted by Gasteiger charge is 2.65. The number of pyridine rings is 1. The van der Waals surface area contributed by atoms with Crippen LogP contribution in [0.2, 0.25) is 0 Å². The molecule has 6 nitrogen and oxygen atoms in total. The summed E-state index contributed by atoms with van der Waals surface area (Å²) in [7, 11) is -10.1. The van der Waals surface area contributed by atoms with E-state index in [0.29, 0.717) is 43.5 Å². The van der Waals surface area contributed by atoms with E-state index in [4.69, 9.17) is 0 Å². The predicted octanol–water partition coefficient (Wildman–Crippen LogP) is 7.30. The molecule has 1 aliphatic rings. The van der Waals surface area contributed by atoms with E-state index >= 15 is 0 Å². The summed E-state index contributed by atoms with van der Waals surface area (Å²) in [5, 5.41) is 2.40. The van der Waals surface area contributed by atoms with Crippen LogP contribution in [0, 0.1) is 0 Å². The van der Waals surface area contributed by atoms with Crippen molar-refractivity contribution in [2.24, 2.45) is 0 Å². The van der Waals surface area contributed by atoms with Gasteiger partial charge in [0.2, 0.25) is 0 Å². The molecule has 2 aromatic carbocycles. The van der Waals surface area contributed by atoms with Gasteiger partial charge in [0.25, 0.3) is 5.91 Å². The SMILES string of the molecule is CN(C)C(=O)c1ccc(-c2ccc(S(=O)(=O)C3CCC(Nc4ccc(S(F)(F)(F)(F)F)cc4)CC3)cc2)cn1. The lowest BCUT2D eigenvalue weighted by molar-refractivity contribution is 0.0822. The maximum Gasteiger partial charge on any atom is 0.310 e. The van der Waals surface area contributed by atoms with Crippen LogP contribution in [0.15, 0.2) is 76.7 Å². The van der Waals surface area contributed by atoms with E-state index in [9.17, 15) is 32.6 Å². The van der Waals surface area contributed by atoms with Crippen LogP contribution in [0.3, 0.4) is 0 Å². The maximum absolute atomic E-state index is 13.2. The van der Waals surface area contributed by atoms with Crippen molar-refractivity contribution in [1.29, 1.82) is 0 Å². The normalized spacial score (nSPS) is 20.0. The summed E-state index contributed by atoms with van der Waals surface area (Å²) in [6.45, 7) is 0. The zero-order valence-electron chi connectivity index (χ0n) is 21.2. The Morgan fingerprint density at radius 3 is 1.90 bits per heavy atom. The van der Waals surface area contributed by atoms with Gasteiger partial charge in [-0.1, -0.05) is 37.6 Å². The van der Waals surface area contributed by atoms with E-state index in [0.717, 1.165) is 23.3 Å². The Balaban J connectivity index is 1.37. The molecule has 0 radical (unpaired) electrons. The second-order valence-corrected chi connectivity index (χ2v) is 14.4. The molecule has 4 rings (SSSR count). The first-order valence-corrected chi connectivity index (χ1v) is 15.6. The fourth-order valence-corrected chi connectivity index (χ4v) is 6.95. The number of halogens is 5. The highest BCUT2D eigenvalue weighted by atomic mass is 32.5. The highest BCUT2D eigenvalue weighted by Crippen LogP contribution is 3.02. The van der Waals surface area contributed by atoms with Crippen molar-refractivity contribution in [3.05, 3.63) is 72.6 Å². The molecule has 1 aliphatic carbocycles. The number of carbonyl (C=O) groups is 1. The topological polar surface area (TPSA) is 79.4 Å². The fraction of sp³-hybridized carbons (Fsp3) is 0.308. The Kier molecular flexibility index (Phi) is 7.00. The smallest absolute Gasteiger partial charge is 0.310 e. The summed E-state index contributed by atoms with van der Waals surface area (Å²) in [6, 6.07) is 12.2. The number of carbonyl (C=O) groups excluding carboxylic acids is 1. The largest absolute Gasteiger partial charge is 0.382 e. The second-order valence-electron chi connectivity index (χ2n) is 9.81. The minimum Gasteiger partial charge on any atom is -0.382 e. The van der Waals surface area contributed by atoms with E-state index in [2.05, 4.69) is 10.3 Å². The molecule has 1 heterocycles. The van der Waals surface area contributed by atoms with Crippen LogP contribution in [-0.4, -0.2) is 49.6 Å². The summed E-state index contributed by atoms with van der Waals surface area (Å²) >= 11 is 0. The molecule has 39 heavy (non-hydrogen) atoms. The lowest BCUT2D eigenvalue weighted by Gasteiger charge is -2.40. The number of rotatable bonds is 7. The number of benzene rings is 2. The van der Waals surface area contributed by atoms with Gasteiger partial charge in [0, 0.05) is 37.6 Å². The van der Waals surface area contributed by atoms with Gasteiger partial charge in [-0.05, 0) is 73.7 Å². The predicted molar refractivity (Wildman–Crippen MR) is 142 cm³/mol. The molecule has 3 aromatic rings. The zero-order valence-corrected chi connectivity index (χ0v) is 22.8. The summed E-state index contributed by atoms with van der Waals surface area (Å²) in [4.78, 5) is 15.8. The number of aromatic nitrogens is 1. The van der Waals surface area contributed by atoms with E-state index in [-0.39, 0.29) is 22.5 Å². The van der Waals surface area contributed by atoms with Crippen LogP contribution in [0.5, 0.6) is 0 Å². The van der Waals surface area contributed by atoms with Gasteiger partial charge in [0.15, 0.2) is 9.84 Å². The lowest BCUT2D eigenvalue weighted by Crippen LogP contribution is -2.32. The van der Waals surface area contributed by atoms with Crippen LogP contribution in [0.25, 0.3) is 11.1 Å². The minimum absolute atomic E-state index is 0.182. The highest BCUT2D eigenvalue weighted by molar-refractivity contribution is 8.45. The van der Waals surface area contributed by atoms with Gasteiger partial charge in [0.1, 0.15) is 10.6 Å². The monoisotopic (exact) mass is 589 g/mol. The standard InChI is InChI=1S/C26H28F5N3O3S2/c1-34(2)26(35)25-16-5-19(17-32-25)18-3-10-22(11-4-18)38(36,37)23-12-6-20(7-13-23)33-21-8-14-24(15-9-21)39(27,28,29,30)31/h3-5,8-11,14-17,20,23,33H,6-7,12-13H2,1-2H3. The van der Waals surface area contributed by atoms with Crippen molar-refractivity contribution in [3.63, 3.8) is 0 Å². The number of hydrogen-bond acceptors (Lipinski definition) is 5. The summed E-state index contributed by atoms with van der Waals surface area (Å²) in [5.41, 5.74) is 2.04. The summed E-state index contributed by atoms with van der Waals surface area (Å²) in [6.07, 6.45) is 3.15. The number of sulfone groups is 1. The average Bonchev–Trinajstić information content (AvgIpc) is 2.88. The number of nitrogens with zero attached hydrogens (tertiary/aromatic N) is 2. The van der Waals surface area contributed by atoms with Crippen molar-refractivity contribution in [1.82, 2.24) is 9.88 Å². The van der Waals surface area contributed by atoms with Crippen molar-refractivity contribution in [2.45, 2.75) is 46.8 Å². The average molecular weight is 590 g/mol. The van der Waals surface area contributed by atoms with Crippen molar-refractivity contribution >= 4 is 31.7 Å². The third-order valence-corrected chi connectivity index (χ3v) is 10.1. The molecular formula is C26H28F5N3O3S2. The Bertz CT molecular complexity index is 1450. The Morgan fingerprint density at radius 1 is 0.846 bits per heavy atom. The molecule has 1 saturated carbocycles. The third kappa shape index (κ3) is 6.70. The van der Waals surface area contributed by atoms with Crippen molar-refractivity contribution in [3.8, 4) is 11.1 Å². The molecule has 1 N–H and O–H groups in total. The maximum atomic E-state index is 13.2. The number of amides is 1. The minimum atomic E-state index is -9.73. The molecule has 212 valence electrons. The van der Waals surface area contributed by atoms with Gasteiger partial charge in [0.05, 0.1) is 10.1 Å². The first-order chi connectivity index (χ1) is 17.9. The number of anilines is 1. The molecule has 13 heteroatoms.